The molecule has 1 aromatic carbocycles. The summed E-state index contributed by atoms with van der Waals surface area (Å²) in [6.07, 6.45) is 2.11. The van der Waals surface area contributed by atoms with Gasteiger partial charge in [0, 0.05) is 12.1 Å². The summed E-state index contributed by atoms with van der Waals surface area (Å²) in [5, 5.41) is 3.45. The molecular weight excluding hydrogens is 188 g/mol. The van der Waals surface area contributed by atoms with Gasteiger partial charge in [-0.25, -0.2) is 0 Å². The molecule has 0 spiro atoms. The van der Waals surface area contributed by atoms with Crippen molar-refractivity contribution in [2.75, 3.05) is 12.4 Å². The van der Waals surface area contributed by atoms with Gasteiger partial charge >= 0.3 is 0 Å². The highest BCUT2D eigenvalue weighted by Gasteiger charge is 2.26. The first-order valence-electron chi connectivity index (χ1n) is 5.36. The fourth-order valence-corrected chi connectivity index (χ4v) is 1.92. The van der Waals surface area contributed by atoms with Gasteiger partial charge in [-0.15, -0.1) is 0 Å². The second-order valence-corrected chi connectivity index (χ2v) is 4.28. The summed E-state index contributed by atoms with van der Waals surface area (Å²) < 4.78 is 5.33. The molecule has 0 aliphatic heterocycles. The van der Waals surface area contributed by atoms with Crippen molar-refractivity contribution in [3.8, 4) is 5.75 Å². The number of methoxy groups -OCH3 is 1. The topological polar surface area (TPSA) is 47.3 Å². The first-order valence-corrected chi connectivity index (χ1v) is 5.36. The van der Waals surface area contributed by atoms with Crippen molar-refractivity contribution in [2.24, 2.45) is 5.73 Å². The van der Waals surface area contributed by atoms with E-state index < -0.39 is 0 Å². The summed E-state index contributed by atoms with van der Waals surface area (Å²) in [5.74, 6) is 0.912. The lowest BCUT2D eigenvalue weighted by atomic mass is 9.87. The van der Waals surface area contributed by atoms with Crippen LogP contribution in [-0.2, 0) is 0 Å². The minimum atomic E-state index is 0.374. The Bertz CT molecular complexity index is 345. The lowest BCUT2D eigenvalue weighted by Gasteiger charge is -2.34. The first kappa shape index (κ1) is 10.3. The zero-order valence-electron chi connectivity index (χ0n) is 9.29. The third-order valence-corrected chi connectivity index (χ3v) is 2.89. The molecule has 1 fully saturated rings. The Kier molecular flexibility index (Phi) is 2.82. The van der Waals surface area contributed by atoms with Gasteiger partial charge in [0.1, 0.15) is 5.75 Å². The van der Waals surface area contributed by atoms with Crippen LogP contribution in [0.5, 0.6) is 5.75 Å². The van der Waals surface area contributed by atoms with E-state index in [0.29, 0.717) is 12.1 Å². The van der Waals surface area contributed by atoms with Crippen molar-refractivity contribution >= 4 is 5.69 Å². The van der Waals surface area contributed by atoms with Crippen LogP contribution in [0.4, 0.5) is 5.69 Å². The van der Waals surface area contributed by atoms with Crippen molar-refractivity contribution in [3.63, 3.8) is 0 Å². The van der Waals surface area contributed by atoms with E-state index in [0.717, 1.165) is 24.3 Å². The monoisotopic (exact) mass is 206 g/mol. The summed E-state index contributed by atoms with van der Waals surface area (Å²) in [6, 6.07) is 7.08. The lowest BCUT2D eigenvalue weighted by molar-refractivity contribution is 0.369. The maximum absolute atomic E-state index is 5.75. The van der Waals surface area contributed by atoms with Gasteiger partial charge in [-0.05, 0) is 37.5 Å². The Balaban J connectivity index is 2.07. The summed E-state index contributed by atoms with van der Waals surface area (Å²) in [5.41, 5.74) is 8.03. The van der Waals surface area contributed by atoms with Gasteiger partial charge in [-0.3, -0.25) is 0 Å². The van der Waals surface area contributed by atoms with Crippen molar-refractivity contribution in [1.29, 1.82) is 0 Å². The second-order valence-electron chi connectivity index (χ2n) is 4.28. The van der Waals surface area contributed by atoms with Gasteiger partial charge in [-0.1, -0.05) is 6.07 Å². The summed E-state index contributed by atoms with van der Waals surface area (Å²) in [6.45, 7) is 2.06. The van der Waals surface area contributed by atoms with Crippen molar-refractivity contribution in [2.45, 2.75) is 31.8 Å². The standard InChI is InChI=1S/C12H18N2O/c1-8-3-4-11(12(5-8)15-2)14-10-6-9(13)7-10/h3-5,9-10,14H,6-7,13H2,1-2H3. The summed E-state index contributed by atoms with van der Waals surface area (Å²) in [4.78, 5) is 0. The van der Waals surface area contributed by atoms with Gasteiger partial charge in [-0.2, -0.15) is 0 Å². The van der Waals surface area contributed by atoms with Gasteiger partial charge in [0.15, 0.2) is 0 Å². The SMILES string of the molecule is COc1cc(C)ccc1NC1CC(N)C1. The molecule has 0 heterocycles. The number of benzene rings is 1. The molecule has 1 aliphatic rings. The van der Waals surface area contributed by atoms with Crippen LogP contribution in [-0.4, -0.2) is 19.2 Å². The zero-order valence-corrected chi connectivity index (χ0v) is 9.29. The highest BCUT2D eigenvalue weighted by Crippen LogP contribution is 2.29. The Labute approximate surface area is 90.6 Å². The quantitative estimate of drug-likeness (QED) is 0.794. The highest BCUT2D eigenvalue weighted by atomic mass is 16.5. The number of nitrogens with two attached hydrogens (primary N) is 1. The van der Waals surface area contributed by atoms with Gasteiger partial charge in [0.05, 0.1) is 12.8 Å². The van der Waals surface area contributed by atoms with E-state index in [1.165, 1.54) is 5.56 Å². The molecule has 1 aliphatic carbocycles. The summed E-state index contributed by atoms with van der Waals surface area (Å²) >= 11 is 0. The molecule has 3 nitrogen and oxygen atoms in total. The van der Waals surface area contributed by atoms with Gasteiger partial charge in [0.25, 0.3) is 0 Å². The van der Waals surface area contributed by atoms with Crippen LogP contribution < -0.4 is 15.8 Å². The molecular formula is C12H18N2O. The van der Waals surface area contributed by atoms with E-state index in [1.54, 1.807) is 7.11 Å². The first-order chi connectivity index (χ1) is 7.19. The molecule has 0 unspecified atom stereocenters. The highest BCUT2D eigenvalue weighted by molar-refractivity contribution is 5.58. The third-order valence-electron chi connectivity index (χ3n) is 2.89. The fraction of sp³-hybridized carbons (Fsp3) is 0.500. The number of aryl methyl sites for hydroxylation is 1. The molecule has 2 rings (SSSR count). The molecule has 0 amide bonds. The van der Waals surface area contributed by atoms with E-state index in [9.17, 15) is 0 Å². The van der Waals surface area contributed by atoms with Gasteiger partial charge < -0.3 is 15.8 Å². The van der Waals surface area contributed by atoms with Gasteiger partial charge in [0.2, 0.25) is 0 Å². The molecule has 0 radical (unpaired) electrons. The Hall–Kier alpha value is -1.22. The van der Waals surface area contributed by atoms with E-state index in [1.807, 2.05) is 6.07 Å². The molecule has 1 saturated carbocycles. The van der Waals surface area contributed by atoms with Crippen LogP contribution in [0.3, 0.4) is 0 Å². The average molecular weight is 206 g/mol. The molecule has 82 valence electrons. The molecule has 0 aromatic heterocycles. The van der Waals surface area contributed by atoms with Crippen LogP contribution in [0.15, 0.2) is 18.2 Å². The van der Waals surface area contributed by atoms with Crippen LogP contribution in [0, 0.1) is 6.92 Å². The molecule has 1 aromatic rings. The summed E-state index contributed by atoms with van der Waals surface area (Å²) in [7, 11) is 1.70. The smallest absolute Gasteiger partial charge is 0.142 e. The van der Waals surface area contributed by atoms with Crippen molar-refractivity contribution in [1.82, 2.24) is 0 Å². The van der Waals surface area contributed by atoms with E-state index in [2.05, 4.69) is 24.4 Å². The third kappa shape index (κ3) is 2.23. The predicted molar refractivity (Wildman–Crippen MR) is 62.4 cm³/mol. The molecule has 0 bridgehead atoms. The van der Waals surface area contributed by atoms with Crippen molar-refractivity contribution in [3.05, 3.63) is 23.8 Å². The maximum Gasteiger partial charge on any atom is 0.142 e. The number of hydrogen-bond acceptors (Lipinski definition) is 3. The van der Waals surface area contributed by atoms with Crippen LogP contribution in [0.25, 0.3) is 0 Å². The largest absolute Gasteiger partial charge is 0.495 e. The van der Waals surface area contributed by atoms with Crippen molar-refractivity contribution < 1.29 is 4.74 Å². The maximum atomic E-state index is 5.75. The minimum absolute atomic E-state index is 0.374. The Morgan fingerprint density at radius 1 is 1.40 bits per heavy atom. The number of anilines is 1. The van der Waals surface area contributed by atoms with E-state index >= 15 is 0 Å². The molecule has 0 atom stereocenters. The Morgan fingerprint density at radius 3 is 2.73 bits per heavy atom. The van der Waals surface area contributed by atoms with Crippen LogP contribution in [0.2, 0.25) is 0 Å². The van der Waals surface area contributed by atoms with E-state index in [-0.39, 0.29) is 0 Å². The number of hydrogen-bond donors (Lipinski definition) is 2. The number of nitrogens with one attached hydrogen (secondary N) is 1. The number of rotatable bonds is 3. The van der Waals surface area contributed by atoms with E-state index in [4.69, 9.17) is 10.5 Å². The Morgan fingerprint density at radius 2 is 2.13 bits per heavy atom. The van der Waals surface area contributed by atoms with Crippen LogP contribution >= 0.6 is 0 Å². The molecule has 15 heavy (non-hydrogen) atoms. The zero-order chi connectivity index (χ0) is 10.8. The average Bonchev–Trinajstić information content (AvgIpc) is 2.18. The minimum Gasteiger partial charge on any atom is -0.495 e. The molecule has 0 saturated heterocycles. The molecule has 3 N–H and O–H groups in total. The lowest BCUT2D eigenvalue weighted by Crippen LogP contribution is -2.44. The number of ether oxygens (including phenoxy) is 1. The van der Waals surface area contributed by atoms with Crippen LogP contribution in [0.1, 0.15) is 18.4 Å². The predicted octanol–water partition coefficient (Wildman–Crippen LogP) is 1.91. The molecule has 3 heteroatoms. The fourth-order valence-electron chi connectivity index (χ4n) is 1.92. The normalized spacial score (nSPS) is 24.5. The second kappa shape index (κ2) is 4.11.